The average molecular weight is 496 g/mol. The number of hydrogen-bond donors (Lipinski definition) is 3. The first kappa shape index (κ1) is 23.8. The van der Waals surface area contributed by atoms with Gasteiger partial charge in [0.2, 0.25) is 5.43 Å². The van der Waals surface area contributed by atoms with E-state index in [1.165, 1.54) is 0 Å². The lowest BCUT2D eigenvalue weighted by atomic mass is 10.0. The predicted octanol–water partition coefficient (Wildman–Crippen LogP) is 3.31. The third-order valence-corrected chi connectivity index (χ3v) is 5.75. The highest BCUT2D eigenvalue weighted by Gasteiger charge is 2.34. The molecule has 180 valence electrons. The van der Waals surface area contributed by atoms with Crippen molar-refractivity contribution in [3.05, 3.63) is 56.6 Å². The van der Waals surface area contributed by atoms with Gasteiger partial charge in [0.05, 0.1) is 21.6 Å². The molecule has 3 heterocycles. The van der Waals surface area contributed by atoms with Gasteiger partial charge in [-0.3, -0.25) is 9.36 Å². The fourth-order valence-corrected chi connectivity index (χ4v) is 4.42. The van der Waals surface area contributed by atoms with Gasteiger partial charge in [-0.05, 0) is 26.8 Å². The minimum Gasteiger partial charge on any atom is -0.477 e. The van der Waals surface area contributed by atoms with Gasteiger partial charge in [-0.2, -0.15) is 0 Å². The van der Waals surface area contributed by atoms with E-state index in [1.54, 1.807) is 4.90 Å². The van der Waals surface area contributed by atoms with Gasteiger partial charge in [0.25, 0.3) is 0 Å². The molecule has 0 spiro atoms. The van der Waals surface area contributed by atoms with Crippen LogP contribution in [0.25, 0.3) is 16.7 Å². The Morgan fingerprint density at radius 3 is 2.44 bits per heavy atom. The van der Waals surface area contributed by atoms with Crippen molar-refractivity contribution in [2.75, 3.05) is 23.7 Å². The minimum atomic E-state index is -1.63. The molecule has 0 saturated carbocycles. The van der Waals surface area contributed by atoms with E-state index in [-0.39, 0.29) is 27.8 Å². The third-order valence-electron chi connectivity index (χ3n) is 5.39. The van der Waals surface area contributed by atoms with E-state index in [0.29, 0.717) is 19.2 Å². The zero-order valence-electron chi connectivity index (χ0n) is 18.4. The quantitative estimate of drug-likeness (QED) is 0.509. The first-order chi connectivity index (χ1) is 15.8. The van der Waals surface area contributed by atoms with Crippen LogP contribution in [0.1, 0.15) is 31.1 Å². The van der Waals surface area contributed by atoms with Crippen LogP contribution in [0.15, 0.2) is 23.1 Å². The van der Waals surface area contributed by atoms with E-state index < -0.39 is 51.4 Å². The molecule has 0 aliphatic carbocycles. The lowest BCUT2D eigenvalue weighted by molar-refractivity contribution is 0.0695. The number of carboxylic acids is 1. The number of nitrogens with one attached hydrogen (secondary N) is 1. The molecule has 4 N–H and O–H groups in total. The standard InChI is InChI=1S/C22H21ClF3N5O3/c1-22(2,3)29-9-6-30(7-9)17-12(24)4-10-16(15(17)23)31(8-11(18(10)32)21(33)34)20-14(26)5-13(25)19(27)28-20/h4-5,8-9,29H,6-7H2,1-3H3,(H2,27,28)(H,33,34). The molecule has 0 amide bonds. The monoisotopic (exact) mass is 495 g/mol. The number of fused-ring (bicyclic) bond motifs is 1. The van der Waals surface area contributed by atoms with Crippen LogP contribution < -0.4 is 21.4 Å². The topological polar surface area (TPSA) is 113 Å². The second-order valence-corrected chi connectivity index (χ2v) is 9.50. The Morgan fingerprint density at radius 1 is 1.21 bits per heavy atom. The molecule has 4 rings (SSSR count). The maximum atomic E-state index is 15.2. The third kappa shape index (κ3) is 4.05. The molecule has 0 unspecified atom stereocenters. The number of hydrogen-bond acceptors (Lipinski definition) is 6. The van der Waals surface area contributed by atoms with Crippen LogP contribution in [0.3, 0.4) is 0 Å². The van der Waals surface area contributed by atoms with E-state index >= 15 is 4.39 Å². The number of carbonyl (C=O) groups is 1. The first-order valence-corrected chi connectivity index (χ1v) is 10.6. The van der Waals surface area contributed by atoms with Gasteiger partial charge >= 0.3 is 5.97 Å². The van der Waals surface area contributed by atoms with E-state index in [9.17, 15) is 23.5 Å². The van der Waals surface area contributed by atoms with Crippen LogP contribution in [0.2, 0.25) is 5.02 Å². The predicted molar refractivity (Wildman–Crippen MR) is 122 cm³/mol. The Kier molecular flexibility index (Phi) is 5.73. The van der Waals surface area contributed by atoms with Gasteiger partial charge in [0.1, 0.15) is 11.4 Å². The lowest BCUT2D eigenvalue weighted by Gasteiger charge is -2.44. The van der Waals surface area contributed by atoms with E-state index in [4.69, 9.17) is 17.3 Å². The number of halogens is 4. The van der Waals surface area contributed by atoms with E-state index in [1.807, 2.05) is 20.8 Å². The Hall–Kier alpha value is -3.31. The number of rotatable bonds is 4. The van der Waals surface area contributed by atoms with Crippen molar-refractivity contribution in [3.8, 4) is 5.82 Å². The number of nitrogens with zero attached hydrogens (tertiary/aromatic N) is 3. The Labute approximate surface area is 196 Å². The highest BCUT2D eigenvalue weighted by Crippen LogP contribution is 2.38. The number of pyridine rings is 2. The Morgan fingerprint density at radius 2 is 1.85 bits per heavy atom. The van der Waals surface area contributed by atoms with Crippen LogP contribution in [-0.4, -0.2) is 45.3 Å². The SMILES string of the molecule is CC(C)(C)NC1CN(c2c(F)cc3c(=O)c(C(=O)O)cn(-c4nc(N)c(F)cc4F)c3c2Cl)C1. The van der Waals surface area contributed by atoms with Gasteiger partial charge in [0, 0.05) is 36.9 Å². The molecule has 34 heavy (non-hydrogen) atoms. The number of nitrogens with two attached hydrogens (primary N) is 1. The summed E-state index contributed by atoms with van der Waals surface area (Å²) in [6.45, 7) is 6.80. The average Bonchev–Trinajstić information content (AvgIpc) is 2.68. The number of nitrogen functional groups attached to an aromatic ring is 1. The van der Waals surface area contributed by atoms with Crippen molar-refractivity contribution < 1.29 is 23.1 Å². The molecule has 0 bridgehead atoms. The molecular formula is C22H21ClF3N5O3. The van der Waals surface area contributed by atoms with Gasteiger partial charge in [-0.15, -0.1) is 0 Å². The van der Waals surface area contributed by atoms with Crippen LogP contribution >= 0.6 is 11.6 Å². The molecule has 1 aliphatic rings. The van der Waals surface area contributed by atoms with Gasteiger partial charge in [-0.25, -0.2) is 22.9 Å². The normalized spacial score (nSPS) is 14.5. The number of benzene rings is 1. The minimum absolute atomic E-state index is 0.0344. The Bertz CT molecular complexity index is 1400. The van der Waals surface area contributed by atoms with Crippen molar-refractivity contribution in [2.24, 2.45) is 0 Å². The lowest BCUT2D eigenvalue weighted by Crippen LogP contribution is -2.62. The van der Waals surface area contributed by atoms with Crippen LogP contribution in [0.4, 0.5) is 24.7 Å². The fourth-order valence-electron chi connectivity index (χ4n) is 4.02. The van der Waals surface area contributed by atoms with Crippen LogP contribution in [0, 0.1) is 17.5 Å². The summed E-state index contributed by atoms with van der Waals surface area (Å²) in [4.78, 5) is 29.8. The Balaban J connectivity index is 1.96. The molecule has 1 aromatic carbocycles. The zero-order chi connectivity index (χ0) is 25.1. The molecule has 12 heteroatoms. The molecule has 2 aromatic heterocycles. The summed E-state index contributed by atoms with van der Waals surface area (Å²) in [7, 11) is 0. The zero-order valence-corrected chi connectivity index (χ0v) is 19.2. The van der Waals surface area contributed by atoms with E-state index in [0.717, 1.165) is 16.8 Å². The molecule has 8 nitrogen and oxygen atoms in total. The summed E-state index contributed by atoms with van der Waals surface area (Å²) >= 11 is 6.55. The maximum Gasteiger partial charge on any atom is 0.341 e. The van der Waals surface area contributed by atoms with Crippen LogP contribution in [0.5, 0.6) is 0 Å². The van der Waals surface area contributed by atoms with Crippen molar-refractivity contribution in [2.45, 2.75) is 32.4 Å². The number of carboxylic acid groups (broad SMARTS) is 1. The van der Waals surface area contributed by atoms with Gasteiger partial charge in [-0.1, -0.05) is 11.6 Å². The second kappa shape index (κ2) is 8.17. The summed E-state index contributed by atoms with van der Waals surface area (Å²) in [5.41, 5.74) is 3.31. The number of aromatic carboxylic acids is 1. The molecule has 1 fully saturated rings. The highest BCUT2D eigenvalue weighted by atomic mass is 35.5. The summed E-state index contributed by atoms with van der Waals surface area (Å²) in [6, 6.07) is 1.38. The largest absolute Gasteiger partial charge is 0.477 e. The second-order valence-electron chi connectivity index (χ2n) is 9.12. The number of anilines is 2. The van der Waals surface area contributed by atoms with Gasteiger partial charge in [0.15, 0.2) is 23.3 Å². The highest BCUT2D eigenvalue weighted by molar-refractivity contribution is 6.38. The first-order valence-electron chi connectivity index (χ1n) is 10.2. The van der Waals surface area contributed by atoms with Crippen molar-refractivity contribution in [1.29, 1.82) is 0 Å². The van der Waals surface area contributed by atoms with Crippen molar-refractivity contribution >= 4 is 40.0 Å². The smallest absolute Gasteiger partial charge is 0.341 e. The molecule has 1 saturated heterocycles. The summed E-state index contributed by atoms with van der Waals surface area (Å²) in [6.07, 6.45) is 0.809. The van der Waals surface area contributed by atoms with Gasteiger partial charge < -0.3 is 21.1 Å². The molecule has 0 atom stereocenters. The van der Waals surface area contributed by atoms with Crippen molar-refractivity contribution in [1.82, 2.24) is 14.9 Å². The fraction of sp³-hybridized carbons (Fsp3) is 0.318. The molecule has 3 aromatic rings. The maximum absolute atomic E-state index is 15.2. The molecule has 0 radical (unpaired) electrons. The number of aromatic nitrogens is 2. The summed E-state index contributed by atoms with van der Waals surface area (Å²) in [5.74, 6) is -6.03. The summed E-state index contributed by atoms with van der Waals surface area (Å²) < 4.78 is 44.4. The van der Waals surface area contributed by atoms with E-state index in [2.05, 4.69) is 10.3 Å². The molecular weight excluding hydrogens is 475 g/mol. The summed E-state index contributed by atoms with van der Waals surface area (Å²) in [5, 5.41) is 12.2. The van der Waals surface area contributed by atoms with Crippen molar-refractivity contribution in [3.63, 3.8) is 0 Å². The van der Waals surface area contributed by atoms with Crippen LogP contribution in [-0.2, 0) is 0 Å². The molecule has 1 aliphatic heterocycles.